The molecule has 3 heterocycles. The second-order valence-electron chi connectivity index (χ2n) is 8.87. The van der Waals surface area contributed by atoms with Gasteiger partial charge in [-0.15, -0.1) is 0 Å². The van der Waals surface area contributed by atoms with Crippen LogP contribution in [0.15, 0.2) is 128 Å². The first-order valence-corrected chi connectivity index (χ1v) is 11.7. The summed E-state index contributed by atoms with van der Waals surface area (Å²) in [5.74, 6) is 0.393. The van der Waals surface area contributed by atoms with Crippen molar-refractivity contribution >= 4 is 17.0 Å². The van der Waals surface area contributed by atoms with Gasteiger partial charge in [0.2, 0.25) is 0 Å². The van der Waals surface area contributed by atoms with Crippen molar-refractivity contribution in [3.8, 4) is 22.5 Å². The summed E-state index contributed by atoms with van der Waals surface area (Å²) in [5.41, 5.74) is 9.25. The number of allylic oxidation sites excluding steroid dienone is 2. The lowest BCUT2D eigenvalue weighted by atomic mass is 9.91. The van der Waals surface area contributed by atoms with Crippen LogP contribution in [0, 0.1) is 0 Å². The van der Waals surface area contributed by atoms with Gasteiger partial charge in [0.1, 0.15) is 5.65 Å². The van der Waals surface area contributed by atoms with Crippen molar-refractivity contribution in [2.24, 2.45) is 0 Å². The number of para-hydroxylation sites is 1. The molecule has 7 rings (SSSR count). The molecule has 0 saturated heterocycles. The van der Waals surface area contributed by atoms with Crippen LogP contribution in [0.3, 0.4) is 0 Å². The molecule has 2 aliphatic rings. The first kappa shape index (κ1) is 19.1. The highest BCUT2D eigenvalue weighted by Crippen LogP contribution is 2.47. The van der Waals surface area contributed by atoms with Crippen molar-refractivity contribution in [3.05, 3.63) is 133 Å². The molecule has 0 fully saturated rings. The van der Waals surface area contributed by atoms with Crippen molar-refractivity contribution < 1.29 is 0 Å². The quantitative estimate of drug-likeness (QED) is 0.293. The number of benzene rings is 3. The summed E-state index contributed by atoms with van der Waals surface area (Å²) in [6.07, 6.45) is 11.1. The number of hydrogen-bond acceptors (Lipinski definition) is 2. The van der Waals surface area contributed by atoms with Crippen LogP contribution in [0.1, 0.15) is 11.5 Å². The Hall–Kier alpha value is -4.37. The molecule has 1 aliphatic heterocycles. The van der Waals surface area contributed by atoms with Gasteiger partial charge in [-0.05, 0) is 35.9 Å². The first-order chi connectivity index (χ1) is 16.9. The zero-order valence-electron chi connectivity index (χ0n) is 18.6. The third kappa shape index (κ3) is 2.87. The molecule has 0 radical (unpaired) electrons. The number of aromatic nitrogens is 2. The highest BCUT2D eigenvalue weighted by molar-refractivity contribution is 5.83. The van der Waals surface area contributed by atoms with E-state index in [4.69, 9.17) is 4.98 Å². The van der Waals surface area contributed by atoms with E-state index in [1.807, 2.05) is 6.07 Å². The van der Waals surface area contributed by atoms with Gasteiger partial charge in [0.05, 0.1) is 17.4 Å². The van der Waals surface area contributed by atoms with E-state index in [9.17, 15) is 0 Å². The highest BCUT2D eigenvalue weighted by Gasteiger charge is 2.36. The lowest BCUT2D eigenvalue weighted by Gasteiger charge is -2.28. The van der Waals surface area contributed by atoms with Crippen molar-refractivity contribution in [2.75, 3.05) is 4.90 Å². The van der Waals surface area contributed by atoms with Gasteiger partial charge in [0.25, 0.3) is 0 Å². The fourth-order valence-electron chi connectivity index (χ4n) is 5.44. The molecule has 34 heavy (non-hydrogen) atoms. The number of rotatable bonds is 3. The molecule has 2 aromatic heterocycles. The molecule has 5 aromatic rings. The van der Waals surface area contributed by atoms with Crippen LogP contribution in [-0.4, -0.2) is 15.4 Å². The van der Waals surface area contributed by atoms with Crippen molar-refractivity contribution in [2.45, 2.75) is 12.0 Å². The molecule has 162 valence electrons. The van der Waals surface area contributed by atoms with Gasteiger partial charge in [0.15, 0.2) is 0 Å². The van der Waals surface area contributed by atoms with Crippen molar-refractivity contribution in [1.82, 2.24) is 9.38 Å². The molecule has 0 N–H and O–H groups in total. The Kier molecular flexibility index (Phi) is 4.28. The van der Waals surface area contributed by atoms with Crippen LogP contribution in [0.5, 0.6) is 0 Å². The molecular weight excluding hydrogens is 414 g/mol. The van der Waals surface area contributed by atoms with E-state index >= 15 is 0 Å². The van der Waals surface area contributed by atoms with Crippen molar-refractivity contribution in [1.29, 1.82) is 0 Å². The minimum atomic E-state index is 0.309. The van der Waals surface area contributed by atoms with Crippen LogP contribution in [0.2, 0.25) is 0 Å². The summed E-state index contributed by atoms with van der Waals surface area (Å²) in [4.78, 5) is 7.48. The van der Waals surface area contributed by atoms with Gasteiger partial charge in [-0.25, -0.2) is 4.98 Å². The first-order valence-electron chi connectivity index (χ1n) is 11.7. The number of pyridine rings is 1. The predicted molar refractivity (Wildman–Crippen MR) is 139 cm³/mol. The third-order valence-electron chi connectivity index (χ3n) is 6.96. The lowest BCUT2D eigenvalue weighted by molar-refractivity contribution is 0.745. The normalized spacial score (nSPS) is 18.3. The van der Waals surface area contributed by atoms with E-state index in [1.54, 1.807) is 0 Å². The molecule has 0 bridgehead atoms. The largest absolute Gasteiger partial charge is 0.333 e. The SMILES string of the molecule is C1=CC2c3ccccc3N(c3ccc(-c4nc5ccccn5c4-c4ccccc4)cc3)C2C=C1. The number of fused-ring (bicyclic) bond motifs is 4. The Bertz CT molecular complexity index is 1560. The highest BCUT2D eigenvalue weighted by atomic mass is 15.2. The Balaban J connectivity index is 1.34. The van der Waals surface area contributed by atoms with Gasteiger partial charge in [-0.1, -0.05) is 91.0 Å². The molecule has 0 spiro atoms. The van der Waals surface area contributed by atoms with Crippen LogP contribution >= 0.6 is 0 Å². The maximum atomic E-state index is 5.02. The summed E-state index contributed by atoms with van der Waals surface area (Å²) in [5, 5.41) is 0. The lowest BCUT2D eigenvalue weighted by Crippen LogP contribution is -2.28. The van der Waals surface area contributed by atoms with Gasteiger partial charge in [-0.2, -0.15) is 0 Å². The van der Waals surface area contributed by atoms with Crippen LogP contribution in [0.25, 0.3) is 28.2 Å². The van der Waals surface area contributed by atoms with E-state index in [0.717, 1.165) is 28.2 Å². The molecule has 0 saturated carbocycles. The smallest absolute Gasteiger partial charge is 0.137 e. The summed E-state index contributed by atoms with van der Waals surface area (Å²) in [6, 6.07) is 34.6. The Labute approximate surface area is 198 Å². The zero-order chi connectivity index (χ0) is 22.5. The maximum absolute atomic E-state index is 5.02. The third-order valence-corrected chi connectivity index (χ3v) is 6.96. The van der Waals surface area contributed by atoms with E-state index in [-0.39, 0.29) is 0 Å². The molecule has 3 aromatic carbocycles. The van der Waals surface area contributed by atoms with E-state index in [2.05, 4.69) is 131 Å². The van der Waals surface area contributed by atoms with E-state index < -0.39 is 0 Å². The topological polar surface area (TPSA) is 20.5 Å². The minimum Gasteiger partial charge on any atom is -0.333 e. The average molecular weight is 438 g/mol. The van der Waals surface area contributed by atoms with Gasteiger partial charge >= 0.3 is 0 Å². The number of nitrogens with zero attached hydrogens (tertiary/aromatic N) is 3. The minimum absolute atomic E-state index is 0.309. The monoisotopic (exact) mass is 437 g/mol. The van der Waals surface area contributed by atoms with E-state index in [0.29, 0.717) is 12.0 Å². The van der Waals surface area contributed by atoms with Crippen molar-refractivity contribution in [3.63, 3.8) is 0 Å². The molecule has 1 aliphatic carbocycles. The summed E-state index contributed by atoms with van der Waals surface area (Å²) in [6.45, 7) is 0. The van der Waals surface area contributed by atoms with Gasteiger partial charge < -0.3 is 4.90 Å². The molecule has 3 heteroatoms. The van der Waals surface area contributed by atoms with Crippen LogP contribution in [-0.2, 0) is 0 Å². The maximum Gasteiger partial charge on any atom is 0.137 e. The van der Waals surface area contributed by atoms with Crippen LogP contribution in [0.4, 0.5) is 11.4 Å². The average Bonchev–Trinajstić information content (AvgIpc) is 3.46. The predicted octanol–water partition coefficient (Wildman–Crippen LogP) is 7.40. The fourth-order valence-corrected chi connectivity index (χ4v) is 5.44. The number of anilines is 2. The van der Waals surface area contributed by atoms with E-state index in [1.165, 1.54) is 16.9 Å². The zero-order valence-corrected chi connectivity index (χ0v) is 18.6. The summed E-state index contributed by atoms with van der Waals surface area (Å²) < 4.78 is 2.18. The number of imidazole rings is 1. The molecular formula is C31H23N3. The second-order valence-corrected chi connectivity index (χ2v) is 8.87. The molecule has 2 unspecified atom stereocenters. The summed E-state index contributed by atoms with van der Waals surface area (Å²) in [7, 11) is 0. The molecule has 3 nitrogen and oxygen atoms in total. The Morgan fingerprint density at radius 1 is 0.647 bits per heavy atom. The molecule has 0 amide bonds. The fraction of sp³-hybridized carbons (Fsp3) is 0.0645. The van der Waals surface area contributed by atoms with Gasteiger partial charge in [-0.3, -0.25) is 4.40 Å². The number of hydrogen-bond donors (Lipinski definition) is 0. The molecule has 2 atom stereocenters. The Morgan fingerprint density at radius 3 is 2.29 bits per heavy atom. The Morgan fingerprint density at radius 2 is 1.41 bits per heavy atom. The van der Waals surface area contributed by atoms with Gasteiger partial charge in [0, 0.05) is 34.6 Å². The van der Waals surface area contributed by atoms with Crippen LogP contribution < -0.4 is 4.90 Å². The second kappa shape index (κ2) is 7.60. The summed E-state index contributed by atoms with van der Waals surface area (Å²) >= 11 is 0. The standard InChI is InChI=1S/C31H23N3/c1-2-10-23(11-3-1)31-30(32-29-16-8-9-21-33(29)31)22-17-19-24(20-18-22)34-27-14-6-4-12-25(27)26-13-5-7-15-28(26)34/h1-21,25,27H.